The Morgan fingerprint density at radius 2 is 1.84 bits per heavy atom. The highest BCUT2D eigenvalue weighted by Crippen LogP contribution is 2.28. The van der Waals surface area contributed by atoms with E-state index in [9.17, 15) is 4.79 Å². The Morgan fingerprint density at radius 3 is 2.55 bits per heavy atom. The highest BCUT2D eigenvalue weighted by molar-refractivity contribution is 14.1. The van der Waals surface area contributed by atoms with E-state index in [0.29, 0.717) is 29.1 Å². The van der Waals surface area contributed by atoms with Gasteiger partial charge in [-0.2, -0.15) is 0 Å². The Hall–Kier alpha value is -2.45. The minimum absolute atomic E-state index is 0.0713. The van der Waals surface area contributed by atoms with Gasteiger partial charge in [-0.3, -0.25) is 9.78 Å². The predicted octanol–water partition coefficient (Wildman–Crippen LogP) is 6.40. The van der Waals surface area contributed by atoms with Crippen molar-refractivity contribution in [1.82, 2.24) is 4.98 Å². The minimum atomic E-state index is -0.200. The molecule has 0 saturated heterocycles. The van der Waals surface area contributed by atoms with Gasteiger partial charge in [0.1, 0.15) is 11.5 Å². The van der Waals surface area contributed by atoms with E-state index < -0.39 is 0 Å². The Kier molecular flexibility index (Phi) is 8.03. The lowest BCUT2D eigenvalue weighted by Gasteiger charge is -2.16. The topological polar surface area (TPSA) is 60.5 Å². The van der Waals surface area contributed by atoms with E-state index >= 15 is 0 Å². The van der Waals surface area contributed by atoms with Crippen molar-refractivity contribution < 1.29 is 14.3 Å². The summed E-state index contributed by atoms with van der Waals surface area (Å²) >= 11 is 2.23. The summed E-state index contributed by atoms with van der Waals surface area (Å²) in [4.78, 5) is 17.4. The molecule has 0 aliphatic heterocycles. The molecule has 6 heteroatoms. The average molecular weight is 530 g/mol. The molecule has 1 amide bonds. The summed E-state index contributed by atoms with van der Waals surface area (Å²) in [6.07, 6.45) is 0.951. The fraction of sp³-hybridized carbons (Fsp3) is 0.280. The summed E-state index contributed by atoms with van der Waals surface area (Å²) in [7, 11) is 0. The third-order valence-corrected chi connectivity index (χ3v) is 5.44. The van der Waals surface area contributed by atoms with Crippen molar-refractivity contribution in [2.45, 2.75) is 46.3 Å². The zero-order valence-electron chi connectivity index (χ0n) is 18.2. The zero-order chi connectivity index (χ0) is 22.4. The number of aromatic nitrogens is 1. The van der Waals surface area contributed by atoms with Crippen LogP contribution in [0, 0.1) is 10.5 Å². The van der Waals surface area contributed by atoms with E-state index in [1.807, 2.05) is 88.4 Å². The number of carbonyl (C=O) groups is 1. The van der Waals surface area contributed by atoms with E-state index in [4.69, 9.17) is 9.47 Å². The number of aryl methyl sites for hydroxylation is 1. The molecule has 0 aliphatic rings. The quantitative estimate of drug-likeness (QED) is 0.343. The van der Waals surface area contributed by atoms with Gasteiger partial charge in [0.2, 0.25) is 0 Å². The summed E-state index contributed by atoms with van der Waals surface area (Å²) in [5.74, 6) is 1.23. The summed E-state index contributed by atoms with van der Waals surface area (Å²) in [6, 6.07) is 18.9. The van der Waals surface area contributed by atoms with Gasteiger partial charge in [-0.25, -0.2) is 0 Å². The van der Waals surface area contributed by atoms with Crippen LogP contribution in [0.3, 0.4) is 0 Å². The number of hydrogen-bond acceptors (Lipinski definition) is 4. The summed E-state index contributed by atoms with van der Waals surface area (Å²) in [5.41, 5.74) is 2.81. The molecule has 3 aromatic rings. The first-order valence-electron chi connectivity index (χ1n) is 10.3. The molecule has 0 fully saturated rings. The van der Waals surface area contributed by atoms with Crippen molar-refractivity contribution in [3.63, 3.8) is 0 Å². The standard InChI is InChI=1S/C25H27IN2O3/c1-16(2)30-17(3)14-20-12-13-22(18(4)27-20)25(29)28-19-8-7-9-21(15-19)31-24-11-6-5-10-23(24)26/h5-13,15-17H,14H2,1-4H3,(H,28,29). The second-order valence-electron chi connectivity index (χ2n) is 7.65. The van der Waals surface area contributed by atoms with Gasteiger partial charge in [-0.15, -0.1) is 0 Å². The van der Waals surface area contributed by atoms with Crippen LogP contribution in [-0.2, 0) is 11.2 Å². The van der Waals surface area contributed by atoms with Crippen LogP contribution in [0.4, 0.5) is 5.69 Å². The van der Waals surface area contributed by atoms with Crippen LogP contribution in [0.2, 0.25) is 0 Å². The second kappa shape index (κ2) is 10.7. The van der Waals surface area contributed by atoms with Crippen LogP contribution in [-0.4, -0.2) is 23.1 Å². The molecular formula is C25H27IN2O3. The molecule has 2 aromatic carbocycles. The van der Waals surface area contributed by atoms with Crippen molar-refractivity contribution in [3.8, 4) is 11.5 Å². The number of para-hydroxylation sites is 1. The van der Waals surface area contributed by atoms with Crippen LogP contribution in [0.25, 0.3) is 0 Å². The van der Waals surface area contributed by atoms with E-state index in [-0.39, 0.29) is 18.1 Å². The Labute approximate surface area is 197 Å². The molecule has 0 spiro atoms. The third-order valence-electron chi connectivity index (χ3n) is 4.55. The van der Waals surface area contributed by atoms with Gasteiger partial charge in [0, 0.05) is 23.9 Å². The Balaban J connectivity index is 1.68. The molecule has 5 nitrogen and oxygen atoms in total. The SMILES string of the molecule is Cc1nc(CC(C)OC(C)C)ccc1C(=O)Nc1cccc(Oc2ccccc2I)c1. The van der Waals surface area contributed by atoms with Gasteiger partial charge in [0.05, 0.1) is 27.0 Å². The molecule has 1 atom stereocenters. The number of ether oxygens (including phenoxy) is 2. The fourth-order valence-corrected chi connectivity index (χ4v) is 3.76. The molecule has 1 N–H and O–H groups in total. The van der Waals surface area contributed by atoms with Crippen LogP contribution in [0.15, 0.2) is 60.7 Å². The normalized spacial score (nSPS) is 11.9. The van der Waals surface area contributed by atoms with Gasteiger partial charge in [0.15, 0.2) is 0 Å². The number of anilines is 1. The lowest BCUT2D eigenvalue weighted by molar-refractivity contribution is 0.0190. The summed E-state index contributed by atoms with van der Waals surface area (Å²) < 4.78 is 12.8. The summed E-state index contributed by atoms with van der Waals surface area (Å²) in [5, 5.41) is 2.94. The molecule has 1 unspecified atom stereocenters. The molecule has 0 radical (unpaired) electrons. The number of nitrogens with one attached hydrogen (secondary N) is 1. The summed E-state index contributed by atoms with van der Waals surface area (Å²) in [6.45, 7) is 7.92. The first-order chi connectivity index (χ1) is 14.8. The molecular weight excluding hydrogens is 503 g/mol. The number of amides is 1. The van der Waals surface area contributed by atoms with Gasteiger partial charge in [0.25, 0.3) is 5.91 Å². The lowest BCUT2D eigenvalue weighted by Crippen LogP contribution is -2.18. The van der Waals surface area contributed by atoms with Gasteiger partial charge >= 0.3 is 0 Å². The Morgan fingerprint density at radius 1 is 1.06 bits per heavy atom. The molecule has 1 aromatic heterocycles. The molecule has 3 rings (SSSR count). The average Bonchev–Trinajstić information content (AvgIpc) is 2.69. The highest BCUT2D eigenvalue weighted by Gasteiger charge is 2.14. The molecule has 0 bridgehead atoms. The number of hydrogen-bond donors (Lipinski definition) is 1. The predicted molar refractivity (Wildman–Crippen MR) is 132 cm³/mol. The van der Waals surface area contributed by atoms with Gasteiger partial charge in [-0.05, 0) is 86.7 Å². The van der Waals surface area contributed by atoms with E-state index in [2.05, 4.69) is 32.9 Å². The Bertz CT molecular complexity index is 1050. The molecule has 0 aliphatic carbocycles. The molecule has 162 valence electrons. The van der Waals surface area contributed by atoms with Crippen molar-refractivity contribution in [3.05, 3.63) is 81.2 Å². The lowest BCUT2D eigenvalue weighted by atomic mass is 10.1. The number of nitrogens with zero attached hydrogens (tertiary/aromatic N) is 1. The first kappa shape index (κ1) is 23.2. The highest BCUT2D eigenvalue weighted by atomic mass is 127. The zero-order valence-corrected chi connectivity index (χ0v) is 20.3. The van der Waals surface area contributed by atoms with Crippen molar-refractivity contribution in [1.29, 1.82) is 0 Å². The number of carbonyl (C=O) groups excluding carboxylic acids is 1. The van der Waals surface area contributed by atoms with Crippen molar-refractivity contribution in [2.24, 2.45) is 0 Å². The maximum Gasteiger partial charge on any atom is 0.257 e. The fourth-order valence-electron chi connectivity index (χ4n) is 3.26. The van der Waals surface area contributed by atoms with Gasteiger partial charge < -0.3 is 14.8 Å². The van der Waals surface area contributed by atoms with Crippen LogP contribution < -0.4 is 10.1 Å². The maximum absolute atomic E-state index is 12.8. The first-order valence-corrected chi connectivity index (χ1v) is 11.4. The maximum atomic E-state index is 12.8. The third kappa shape index (κ3) is 6.77. The van der Waals surface area contributed by atoms with Crippen LogP contribution >= 0.6 is 22.6 Å². The second-order valence-corrected chi connectivity index (χ2v) is 8.81. The van der Waals surface area contributed by atoms with E-state index in [1.54, 1.807) is 0 Å². The number of benzene rings is 2. The number of halogens is 1. The molecule has 0 saturated carbocycles. The molecule has 1 heterocycles. The van der Waals surface area contributed by atoms with Crippen molar-refractivity contribution in [2.75, 3.05) is 5.32 Å². The smallest absolute Gasteiger partial charge is 0.257 e. The monoisotopic (exact) mass is 530 g/mol. The molecule has 31 heavy (non-hydrogen) atoms. The number of pyridine rings is 1. The largest absolute Gasteiger partial charge is 0.456 e. The van der Waals surface area contributed by atoms with Gasteiger partial charge in [-0.1, -0.05) is 18.2 Å². The van der Waals surface area contributed by atoms with E-state index in [1.165, 1.54) is 0 Å². The van der Waals surface area contributed by atoms with E-state index in [0.717, 1.165) is 15.0 Å². The van der Waals surface area contributed by atoms with Crippen molar-refractivity contribution >= 4 is 34.2 Å². The van der Waals surface area contributed by atoms with Crippen LogP contribution in [0.1, 0.15) is 42.5 Å². The number of rotatable bonds is 8. The minimum Gasteiger partial charge on any atom is -0.456 e. The van der Waals surface area contributed by atoms with Crippen LogP contribution in [0.5, 0.6) is 11.5 Å².